The van der Waals surface area contributed by atoms with Crippen LogP contribution in [-0.4, -0.2) is 0 Å². The molecule has 0 amide bonds. The largest absolute Gasteiger partial charge is 0.310 e. The van der Waals surface area contributed by atoms with Gasteiger partial charge in [-0.25, -0.2) is 0 Å². The predicted molar refractivity (Wildman–Crippen MR) is 237 cm³/mol. The lowest BCUT2D eigenvalue weighted by atomic mass is 9.70. The van der Waals surface area contributed by atoms with Crippen LogP contribution in [0.15, 0.2) is 182 Å². The smallest absolute Gasteiger partial charge is 0.0726 e. The minimum Gasteiger partial charge on any atom is -0.310 e. The van der Waals surface area contributed by atoms with Crippen molar-refractivity contribution in [1.29, 1.82) is 0 Å². The van der Waals surface area contributed by atoms with Gasteiger partial charge in [0.2, 0.25) is 0 Å². The molecule has 1 spiro atoms. The van der Waals surface area contributed by atoms with Crippen LogP contribution in [0, 0.1) is 6.92 Å². The minimum absolute atomic E-state index is 0.131. The molecule has 3 aliphatic rings. The van der Waals surface area contributed by atoms with Crippen LogP contribution in [0.4, 0.5) is 17.1 Å². The Labute approximate surface area is 331 Å². The van der Waals surface area contributed by atoms with Crippen LogP contribution in [0.5, 0.6) is 0 Å². The summed E-state index contributed by atoms with van der Waals surface area (Å²) in [5.74, 6) is 0. The molecule has 7 aromatic rings. The number of hydrogen-bond acceptors (Lipinski definition) is 1. The summed E-state index contributed by atoms with van der Waals surface area (Å²) in [6.07, 6.45) is 6.46. The molecule has 0 saturated heterocycles. The molecule has 10 rings (SSSR count). The normalized spacial score (nSPS) is 14.9. The molecule has 1 heteroatoms. The lowest BCUT2D eigenvalue weighted by molar-refractivity contribution is 0.660. The van der Waals surface area contributed by atoms with Crippen molar-refractivity contribution < 1.29 is 0 Å². The number of nitrogens with zero attached hydrogens (tertiary/aromatic N) is 1. The van der Waals surface area contributed by atoms with Crippen LogP contribution in [0.25, 0.3) is 39.0 Å². The maximum absolute atomic E-state index is 4.20. The predicted octanol–water partition coefficient (Wildman–Crippen LogP) is 14.7. The summed E-state index contributed by atoms with van der Waals surface area (Å²) < 4.78 is 0. The lowest BCUT2D eigenvalue weighted by Gasteiger charge is -2.33. The van der Waals surface area contributed by atoms with Crippen LogP contribution in [0.2, 0.25) is 0 Å². The van der Waals surface area contributed by atoms with Gasteiger partial charge in [0.25, 0.3) is 0 Å². The van der Waals surface area contributed by atoms with Gasteiger partial charge >= 0.3 is 0 Å². The van der Waals surface area contributed by atoms with Gasteiger partial charge in [0.1, 0.15) is 0 Å². The van der Waals surface area contributed by atoms with Crippen LogP contribution in [0.1, 0.15) is 72.2 Å². The molecule has 1 nitrogen and oxygen atoms in total. The van der Waals surface area contributed by atoms with Gasteiger partial charge in [0.15, 0.2) is 0 Å². The van der Waals surface area contributed by atoms with Crippen LogP contribution >= 0.6 is 0 Å². The fraction of sp³-hybridized carbons (Fsp3) is 0.127. The number of fused-ring (bicyclic) bond motifs is 13. The van der Waals surface area contributed by atoms with Crippen molar-refractivity contribution in [3.63, 3.8) is 0 Å². The summed E-state index contributed by atoms with van der Waals surface area (Å²) in [6.45, 7) is 15.3. The Balaban J connectivity index is 1.26. The molecule has 0 heterocycles. The molecular formula is C55H45N. The quantitative estimate of drug-likeness (QED) is 0.155. The van der Waals surface area contributed by atoms with Crippen molar-refractivity contribution >= 4 is 22.6 Å². The fourth-order valence-corrected chi connectivity index (χ4v) is 10.3. The summed E-state index contributed by atoms with van der Waals surface area (Å²) >= 11 is 0. The van der Waals surface area contributed by atoms with E-state index >= 15 is 0 Å². The Morgan fingerprint density at radius 3 is 1.73 bits per heavy atom. The monoisotopic (exact) mass is 719 g/mol. The topological polar surface area (TPSA) is 3.24 Å². The summed E-state index contributed by atoms with van der Waals surface area (Å²) in [4.78, 5) is 2.54. The molecule has 0 bridgehead atoms. The average Bonchev–Trinajstić information content (AvgIpc) is 3.77. The van der Waals surface area contributed by atoms with Crippen molar-refractivity contribution in [3.8, 4) is 33.4 Å². The number of allylic oxidation sites excluding steroid dienone is 5. The minimum atomic E-state index is -0.421. The molecule has 0 fully saturated rings. The highest BCUT2D eigenvalue weighted by atomic mass is 15.1. The summed E-state index contributed by atoms with van der Waals surface area (Å²) in [7, 11) is 0. The Morgan fingerprint density at radius 2 is 1.11 bits per heavy atom. The van der Waals surface area contributed by atoms with E-state index in [1.54, 1.807) is 0 Å². The van der Waals surface area contributed by atoms with E-state index in [-0.39, 0.29) is 5.41 Å². The van der Waals surface area contributed by atoms with Crippen molar-refractivity contribution in [2.75, 3.05) is 4.90 Å². The third kappa shape index (κ3) is 4.67. The van der Waals surface area contributed by atoms with E-state index in [1.807, 2.05) is 0 Å². The number of anilines is 3. The summed E-state index contributed by atoms with van der Waals surface area (Å²) in [6, 6.07) is 57.3. The second kappa shape index (κ2) is 12.5. The maximum atomic E-state index is 4.20. The molecule has 7 aromatic carbocycles. The fourth-order valence-electron chi connectivity index (χ4n) is 10.3. The van der Waals surface area contributed by atoms with E-state index in [0.29, 0.717) is 0 Å². The molecule has 0 unspecified atom stereocenters. The molecular weight excluding hydrogens is 675 g/mol. The zero-order valence-electron chi connectivity index (χ0n) is 32.8. The highest BCUT2D eigenvalue weighted by molar-refractivity contribution is 6.01. The van der Waals surface area contributed by atoms with Gasteiger partial charge < -0.3 is 4.90 Å². The lowest BCUT2D eigenvalue weighted by Crippen LogP contribution is -2.26. The van der Waals surface area contributed by atoms with Gasteiger partial charge in [0, 0.05) is 22.4 Å². The molecule has 0 aliphatic heterocycles. The van der Waals surface area contributed by atoms with E-state index in [9.17, 15) is 0 Å². The first-order valence-corrected chi connectivity index (χ1v) is 19.8. The van der Waals surface area contributed by atoms with Crippen LogP contribution in [-0.2, 0) is 10.8 Å². The maximum Gasteiger partial charge on any atom is 0.0726 e. The van der Waals surface area contributed by atoms with Crippen molar-refractivity contribution in [2.45, 2.75) is 45.4 Å². The Hall–Kier alpha value is -6.44. The average molecular weight is 720 g/mol. The van der Waals surface area contributed by atoms with Crippen LogP contribution < -0.4 is 4.90 Å². The summed E-state index contributed by atoms with van der Waals surface area (Å²) in [5.41, 5.74) is 23.5. The second-order valence-electron chi connectivity index (χ2n) is 16.3. The van der Waals surface area contributed by atoms with E-state index < -0.39 is 5.41 Å². The first-order valence-electron chi connectivity index (χ1n) is 19.8. The Bertz CT molecular complexity index is 2800. The molecule has 0 saturated carbocycles. The SMILES string of the molecule is C=C(C)C=C(C=CC)c1ccc(N(c2ccc3c(c2)C(C)(C)c2ccccc2-3)c2cccc3c2-c2ccccc2C32c3ccccc3-c3ccccc32)c(C)c1. The molecule has 0 N–H and O–H groups in total. The number of hydrogen-bond donors (Lipinski definition) is 0. The second-order valence-corrected chi connectivity index (χ2v) is 16.3. The van der Waals surface area contributed by atoms with Crippen molar-refractivity contribution in [1.82, 2.24) is 0 Å². The van der Waals surface area contributed by atoms with E-state index in [1.165, 1.54) is 83.6 Å². The molecule has 56 heavy (non-hydrogen) atoms. The number of benzene rings is 7. The highest BCUT2D eigenvalue weighted by Crippen LogP contribution is 2.65. The molecule has 270 valence electrons. The Kier molecular flexibility index (Phi) is 7.64. The van der Waals surface area contributed by atoms with Gasteiger partial charge in [-0.1, -0.05) is 166 Å². The van der Waals surface area contributed by atoms with Gasteiger partial charge in [-0.15, -0.1) is 0 Å². The summed E-state index contributed by atoms with van der Waals surface area (Å²) in [5, 5.41) is 0. The third-order valence-electron chi connectivity index (χ3n) is 12.6. The van der Waals surface area contributed by atoms with Crippen molar-refractivity contribution in [2.24, 2.45) is 0 Å². The third-order valence-corrected chi connectivity index (χ3v) is 12.6. The first kappa shape index (κ1) is 34.1. The molecule has 0 radical (unpaired) electrons. The van der Waals surface area contributed by atoms with E-state index in [0.717, 1.165) is 22.5 Å². The van der Waals surface area contributed by atoms with Crippen molar-refractivity contribution in [3.05, 3.63) is 227 Å². The number of rotatable bonds is 6. The molecule has 3 aliphatic carbocycles. The zero-order valence-corrected chi connectivity index (χ0v) is 32.8. The standard InChI is InChI=1S/C55H45N/c1-7-17-37(32-35(2)3)38-28-31-51(36(4)33-38)56(39-29-30-43-40-18-8-12-22-45(40)54(5,6)50(43)34-39)52-27-16-26-49-53(52)44-21-11-15-25-48(44)55(49)46-23-13-9-19-41(46)42-20-10-14-24-47(42)55/h7-34H,2H2,1,3-6H3. The van der Waals surface area contributed by atoms with Gasteiger partial charge in [-0.05, 0) is 129 Å². The highest BCUT2D eigenvalue weighted by Gasteiger charge is 2.52. The van der Waals surface area contributed by atoms with E-state index in [4.69, 9.17) is 0 Å². The number of aryl methyl sites for hydroxylation is 1. The Morgan fingerprint density at radius 1 is 0.554 bits per heavy atom. The van der Waals surface area contributed by atoms with Gasteiger partial charge in [-0.3, -0.25) is 0 Å². The zero-order chi connectivity index (χ0) is 38.3. The molecule has 0 aromatic heterocycles. The first-order chi connectivity index (χ1) is 27.2. The molecule has 0 atom stereocenters. The van der Waals surface area contributed by atoms with Crippen LogP contribution in [0.3, 0.4) is 0 Å². The van der Waals surface area contributed by atoms with Gasteiger partial charge in [0.05, 0.1) is 11.1 Å². The van der Waals surface area contributed by atoms with Gasteiger partial charge in [-0.2, -0.15) is 0 Å². The van der Waals surface area contributed by atoms with E-state index in [2.05, 4.69) is 216 Å².